The van der Waals surface area contributed by atoms with E-state index in [4.69, 9.17) is 10.1 Å². The second-order valence-corrected chi connectivity index (χ2v) is 8.19. The summed E-state index contributed by atoms with van der Waals surface area (Å²) in [6.45, 7) is 6.13. The van der Waals surface area contributed by atoms with E-state index in [1.165, 1.54) is 24.8 Å². The molecule has 0 aromatic heterocycles. The Morgan fingerprint density at radius 2 is 1.85 bits per heavy atom. The molecule has 0 saturated heterocycles. The van der Waals surface area contributed by atoms with Crippen LogP contribution in [0.1, 0.15) is 59.9 Å². The van der Waals surface area contributed by atoms with Crippen molar-refractivity contribution in [2.24, 2.45) is 10.9 Å². The number of carboxylic acids is 1. The zero-order valence-electron chi connectivity index (χ0n) is 16.7. The van der Waals surface area contributed by atoms with Gasteiger partial charge in [0.1, 0.15) is 0 Å². The summed E-state index contributed by atoms with van der Waals surface area (Å²) in [5.41, 5.74) is 6.46. The number of benzene rings is 1. The molecule has 3 rings (SSSR count). The van der Waals surface area contributed by atoms with E-state index in [0.29, 0.717) is 5.92 Å². The summed E-state index contributed by atoms with van der Waals surface area (Å²) in [4.78, 5) is 16.1. The number of aliphatic imine (C=N–C) groups is 1. The molecular weight excluding hydrogens is 338 g/mol. The smallest absolute Gasteiger partial charge is 0.307 e. The number of nitrogens with zero attached hydrogens (tertiary/aromatic N) is 1. The molecule has 1 aliphatic carbocycles. The van der Waals surface area contributed by atoms with Crippen LogP contribution in [0.3, 0.4) is 0 Å². The van der Waals surface area contributed by atoms with Gasteiger partial charge in [0.2, 0.25) is 0 Å². The second kappa shape index (κ2) is 8.39. The number of carboxylic acid groups (broad SMARTS) is 1. The average molecular weight is 370 g/mol. The van der Waals surface area contributed by atoms with E-state index >= 15 is 0 Å². The van der Waals surface area contributed by atoms with Gasteiger partial charge in [0.25, 0.3) is 0 Å². The Morgan fingerprint density at radius 1 is 1.15 bits per heavy atom. The van der Waals surface area contributed by atoms with Crippen LogP contribution in [0.15, 0.2) is 23.2 Å². The summed E-state index contributed by atoms with van der Waals surface area (Å²) in [5, 5.41) is 19.6. The predicted molar refractivity (Wildman–Crippen MR) is 109 cm³/mol. The number of allylic oxidation sites excluding steroid dienone is 1. The quantitative estimate of drug-likeness (QED) is 0.821. The molecule has 2 aliphatic rings. The number of aliphatic hydroxyl groups is 1. The van der Waals surface area contributed by atoms with E-state index in [9.17, 15) is 9.90 Å². The maximum atomic E-state index is 11.1. The van der Waals surface area contributed by atoms with Crippen LogP contribution < -0.4 is 0 Å². The van der Waals surface area contributed by atoms with Crippen LogP contribution in [0.5, 0.6) is 0 Å². The summed E-state index contributed by atoms with van der Waals surface area (Å²) < 4.78 is 0. The second-order valence-electron chi connectivity index (χ2n) is 8.19. The molecular formula is C23H31NO3. The molecule has 0 radical (unpaired) electrons. The number of rotatable bonds is 5. The lowest BCUT2D eigenvalue weighted by molar-refractivity contribution is -0.136. The van der Waals surface area contributed by atoms with Crippen LogP contribution in [-0.4, -0.2) is 34.0 Å². The van der Waals surface area contributed by atoms with Crippen molar-refractivity contribution in [1.29, 1.82) is 0 Å². The van der Waals surface area contributed by atoms with Gasteiger partial charge in [-0.25, -0.2) is 0 Å². The topological polar surface area (TPSA) is 69.9 Å². The predicted octanol–water partition coefficient (Wildman–Crippen LogP) is 4.10. The molecule has 4 heteroatoms. The van der Waals surface area contributed by atoms with Gasteiger partial charge < -0.3 is 10.2 Å². The summed E-state index contributed by atoms with van der Waals surface area (Å²) in [6, 6.07) is 1.99. The van der Waals surface area contributed by atoms with Gasteiger partial charge in [-0.05, 0) is 73.4 Å². The lowest BCUT2D eigenvalue weighted by Crippen LogP contribution is -2.35. The fraction of sp³-hybridized carbons (Fsp3) is 0.565. The average Bonchev–Trinajstić information content (AvgIpc) is 2.64. The summed E-state index contributed by atoms with van der Waals surface area (Å²) in [7, 11) is 0. The van der Waals surface area contributed by atoms with E-state index in [1.54, 1.807) is 0 Å². The highest BCUT2D eigenvalue weighted by atomic mass is 16.4. The van der Waals surface area contributed by atoms with Crippen molar-refractivity contribution in [2.45, 2.75) is 77.9 Å². The van der Waals surface area contributed by atoms with E-state index in [1.807, 2.05) is 32.1 Å². The third kappa shape index (κ3) is 4.49. The van der Waals surface area contributed by atoms with Crippen molar-refractivity contribution in [3.8, 4) is 0 Å². The molecule has 27 heavy (non-hydrogen) atoms. The first-order valence-corrected chi connectivity index (χ1v) is 10.1. The van der Waals surface area contributed by atoms with Gasteiger partial charge in [-0.2, -0.15) is 0 Å². The van der Waals surface area contributed by atoms with Crippen LogP contribution in [0, 0.1) is 26.7 Å². The number of hydrogen-bond donors (Lipinski definition) is 2. The number of hydrogen-bond acceptors (Lipinski definition) is 3. The van der Waals surface area contributed by atoms with Crippen molar-refractivity contribution in [1.82, 2.24) is 0 Å². The fourth-order valence-electron chi connectivity index (χ4n) is 4.62. The Morgan fingerprint density at radius 3 is 2.52 bits per heavy atom. The van der Waals surface area contributed by atoms with Crippen LogP contribution in [0.4, 0.5) is 0 Å². The minimum absolute atomic E-state index is 0.0155. The molecule has 0 bridgehead atoms. The van der Waals surface area contributed by atoms with Crippen LogP contribution in [-0.2, 0) is 17.6 Å². The highest BCUT2D eigenvalue weighted by molar-refractivity contribution is 5.97. The van der Waals surface area contributed by atoms with Gasteiger partial charge in [-0.1, -0.05) is 31.4 Å². The van der Waals surface area contributed by atoms with Crippen LogP contribution in [0.2, 0.25) is 0 Å². The van der Waals surface area contributed by atoms with Crippen molar-refractivity contribution >= 4 is 11.7 Å². The molecule has 1 saturated carbocycles. The van der Waals surface area contributed by atoms with E-state index < -0.39 is 12.1 Å². The molecule has 146 valence electrons. The molecule has 1 aromatic carbocycles. The summed E-state index contributed by atoms with van der Waals surface area (Å²) in [6.07, 6.45) is 10.3. The third-order valence-corrected chi connectivity index (χ3v) is 6.35. The number of aliphatic carboxylic acids is 1. The SMILES string of the molecule is Cc1cc(CC(=O)O)c(C)c(C)c1CC1=NC(C2CCCCC2)C(O)C=C1. The maximum absolute atomic E-state index is 11.1. The first-order valence-electron chi connectivity index (χ1n) is 10.1. The molecule has 0 amide bonds. The summed E-state index contributed by atoms with van der Waals surface area (Å²) in [5.74, 6) is -0.316. The van der Waals surface area contributed by atoms with Crippen LogP contribution in [0.25, 0.3) is 0 Å². The molecule has 2 N–H and O–H groups in total. The van der Waals surface area contributed by atoms with Crippen molar-refractivity contribution < 1.29 is 15.0 Å². The molecule has 2 unspecified atom stereocenters. The van der Waals surface area contributed by atoms with E-state index in [2.05, 4.69) is 6.92 Å². The van der Waals surface area contributed by atoms with E-state index in [-0.39, 0.29) is 12.5 Å². The number of aryl methyl sites for hydroxylation is 1. The Kier molecular flexibility index (Phi) is 6.15. The van der Waals surface area contributed by atoms with Crippen molar-refractivity contribution in [3.05, 3.63) is 46.0 Å². The highest BCUT2D eigenvalue weighted by Crippen LogP contribution is 2.32. The lowest BCUT2D eigenvalue weighted by Gasteiger charge is -2.32. The molecule has 1 aromatic rings. The fourth-order valence-corrected chi connectivity index (χ4v) is 4.62. The molecule has 0 spiro atoms. The van der Waals surface area contributed by atoms with Gasteiger partial charge in [0.05, 0.1) is 18.6 Å². The molecule has 1 fully saturated rings. The molecule has 1 heterocycles. The zero-order valence-corrected chi connectivity index (χ0v) is 16.7. The number of carbonyl (C=O) groups is 1. The third-order valence-electron chi connectivity index (χ3n) is 6.35. The van der Waals surface area contributed by atoms with Gasteiger partial charge in [0.15, 0.2) is 0 Å². The standard InChI is InChI=1S/C23H31NO3/c1-14-11-18(12-22(26)27)15(2)16(3)20(14)13-19-9-10-21(25)23(24-19)17-7-5-4-6-8-17/h9-11,17,21,23,25H,4-8,12-13H2,1-3H3,(H,26,27). The number of dihydropyridines is 1. The monoisotopic (exact) mass is 369 g/mol. The molecule has 1 aliphatic heterocycles. The maximum Gasteiger partial charge on any atom is 0.307 e. The van der Waals surface area contributed by atoms with Gasteiger partial charge in [0, 0.05) is 12.1 Å². The van der Waals surface area contributed by atoms with Crippen LogP contribution >= 0.6 is 0 Å². The Labute approximate surface area is 162 Å². The Hall–Kier alpha value is -1.94. The first-order chi connectivity index (χ1) is 12.9. The summed E-state index contributed by atoms with van der Waals surface area (Å²) >= 11 is 0. The van der Waals surface area contributed by atoms with Gasteiger partial charge in [-0.15, -0.1) is 0 Å². The van der Waals surface area contributed by atoms with E-state index in [0.717, 1.165) is 47.2 Å². The van der Waals surface area contributed by atoms with Crippen molar-refractivity contribution in [2.75, 3.05) is 0 Å². The molecule has 2 atom stereocenters. The largest absolute Gasteiger partial charge is 0.481 e. The van der Waals surface area contributed by atoms with Gasteiger partial charge >= 0.3 is 5.97 Å². The number of aliphatic hydroxyl groups excluding tert-OH is 1. The zero-order chi connectivity index (χ0) is 19.6. The van der Waals surface area contributed by atoms with Gasteiger partial charge in [-0.3, -0.25) is 9.79 Å². The normalized spacial score (nSPS) is 23.3. The lowest BCUT2D eigenvalue weighted by atomic mass is 9.81. The first kappa shape index (κ1) is 19.8. The highest BCUT2D eigenvalue weighted by Gasteiger charge is 2.30. The molecule has 4 nitrogen and oxygen atoms in total. The Balaban J connectivity index is 1.84. The minimum atomic E-state index is -0.798. The minimum Gasteiger partial charge on any atom is -0.481 e. The van der Waals surface area contributed by atoms with Crippen molar-refractivity contribution in [3.63, 3.8) is 0 Å². The Bertz CT molecular complexity index is 772.